The fourth-order valence-electron chi connectivity index (χ4n) is 2.07. The van der Waals surface area contributed by atoms with Gasteiger partial charge in [0, 0.05) is 25.2 Å². The van der Waals surface area contributed by atoms with Crippen molar-refractivity contribution < 1.29 is 15.3 Å². The fraction of sp³-hybridized carbons (Fsp3) is 0.600. The molecule has 1 aromatic rings. The van der Waals surface area contributed by atoms with E-state index in [4.69, 9.17) is 10.2 Å². The van der Waals surface area contributed by atoms with Gasteiger partial charge in [-0.05, 0) is 24.0 Å². The van der Waals surface area contributed by atoms with Crippen molar-refractivity contribution in [1.29, 1.82) is 0 Å². The SMILES string of the molecule is CC[C@H](C)c1ccc(O)c(CN(CCO)CCO)c1. The van der Waals surface area contributed by atoms with Gasteiger partial charge >= 0.3 is 0 Å². The highest BCUT2D eigenvalue weighted by Gasteiger charge is 2.11. The number of phenols is 1. The number of benzene rings is 1. The van der Waals surface area contributed by atoms with Crippen molar-refractivity contribution in [2.75, 3.05) is 26.3 Å². The summed E-state index contributed by atoms with van der Waals surface area (Å²) >= 11 is 0. The van der Waals surface area contributed by atoms with Crippen LogP contribution >= 0.6 is 0 Å². The average Bonchev–Trinajstić information content (AvgIpc) is 2.41. The van der Waals surface area contributed by atoms with Crippen LogP contribution in [0.3, 0.4) is 0 Å². The number of aliphatic hydroxyl groups excluding tert-OH is 2. The first-order valence-corrected chi connectivity index (χ1v) is 6.88. The minimum absolute atomic E-state index is 0.0474. The molecule has 108 valence electrons. The van der Waals surface area contributed by atoms with E-state index in [1.165, 1.54) is 5.56 Å². The topological polar surface area (TPSA) is 63.9 Å². The predicted octanol–water partition coefficient (Wildman–Crippen LogP) is 1.69. The Balaban J connectivity index is 2.85. The Bertz CT molecular complexity index is 376. The number of nitrogens with zero attached hydrogens (tertiary/aromatic N) is 1. The second-order valence-electron chi connectivity index (χ2n) is 4.92. The monoisotopic (exact) mass is 267 g/mol. The third kappa shape index (κ3) is 4.82. The zero-order valence-corrected chi connectivity index (χ0v) is 11.8. The quantitative estimate of drug-likeness (QED) is 0.671. The minimum Gasteiger partial charge on any atom is -0.508 e. The highest BCUT2D eigenvalue weighted by molar-refractivity contribution is 5.37. The van der Waals surface area contributed by atoms with Gasteiger partial charge in [-0.25, -0.2) is 0 Å². The van der Waals surface area contributed by atoms with Gasteiger partial charge in [0.1, 0.15) is 5.75 Å². The van der Waals surface area contributed by atoms with Gasteiger partial charge in [0.2, 0.25) is 0 Å². The van der Waals surface area contributed by atoms with Crippen LogP contribution in [0.25, 0.3) is 0 Å². The van der Waals surface area contributed by atoms with Crippen LogP contribution in [0.1, 0.15) is 37.3 Å². The molecule has 4 nitrogen and oxygen atoms in total. The lowest BCUT2D eigenvalue weighted by molar-refractivity contribution is 0.155. The van der Waals surface area contributed by atoms with E-state index in [-0.39, 0.29) is 19.0 Å². The Morgan fingerprint density at radius 3 is 2.32 bits per heavy atom. The second kappa shape index (κ2) is 8.15. The Kier molecular flexibility index (Phi) is 6.84. The summed E-state index contributed by atoms with van der Waals surface area (Å²) in [5, 5.41) is 27.9. The van der Waals surface area contributed by atoms with Gasteiger partial charge in [-0.3, -0.25) is 4.90 Å². The molecule has 0 unspecified atom stereocenters. The van der Waals surface area contributed by atoms with Gasteiger partial charge in [0.15, 0.2) is 0 Å². The number of rotatable bonds is 8. The van der Waals surface area contributed by atoms with Crippen LogP contribution in [0.5, 0.6) is 5.75 Å². The third-order valence-corrected chi connectivity index (χ3v) is 3.51. The van der Waals surface area contributed by atoms with E-state index >= 15 is 0 Å². The van der Waals surface area contributed by atoms with Crippen molar-refractivity contribution in [3.05, 3.63) is 29.3 Å². The molecule has 0 saturated carbocycles. The van der Waals surface area contributed by atoms with Crippen LogP contribution in [-0.2, 0) is 6.54 Å². The number of phenolic OH excluding ortho intramolecular Hbond substituents is 1. The van der Waals surface area contributed by atoms with E-state index in [9.17, 15) is 5.11 Å². The Hall–Kier alpha value is -1.10. The van der Waals surface area contributed by atoms with Gasteiger partial charge < -0.3 is 15.3 Å². The first kappa shape index (κ1) is 16.0. The van der Waals surface area contributed by atoms with Crippen molar-refractivity contribution in [1.82, 2.24) is 4.90 Å². The minimum atomic E-state index is 0.0474. The molecule has 1 atom stereocenters. The van der Waals surface area contributed by atoms with Crippen LogP contribution in [0, 0.1) is 0 Å². The van der Waals surface area contributed by atoms with Crippen LogP contribution in [-0.4, -0.2) is 46.5 Å². The summed E-state index contributed by atoms with van der Waals surface area (Å²) in [6.45, 7) is 5.92. The van der Waals surface area contributed by atoms with E-state index in [1.807, 2.05) is 17.0 Å². The van der Waals surface area contributed by atoms with Gasteiger partial charge in [-0.1, -0.05) is 26.0 Å². The van der Waals surface area contributed by atoms with E-state index in [0.717, 1.165) is 12.0 Å². The summed E-state index contributed by atoms with van der Waals surface area (Å²) < 4.78 is 0. The molecule has 0 aromatic heterocycles. The highest BCUT2D eigenvalue weighted by Crippen LogP contribution is 2.26. The molecule has 0 amide bonds. The Morgan fingerprint density at radius 2 is 1.79 bits per heavy atom. The van der Waals surface area contributed by atoms with Crippen molar-refractivity contribution in [2.24, 2.45) is 0 Å². The zero-order chi connectivity index (χ0) is 14.3. The number of hydrogen-bond donors (Lipinski definition) is 3. The molecule has 0 spiro atoms. The van der Waals surface area contributed by atoms with Gasteiger partial charge in [-0.15, -0.1) is 0 Å². The van der Waals surface area contributed by atoms with Crippen molar-refractivity contribution >= 4 is 0 Å². The van der Waals surface area contributed by atoms with Crippen molar-refractivity contribution in [3.8, 4) is 5.75 Å². The first-order valence-electron chi connectivity index (χ1n) is 6.88. The molecule has 0 heterocycles. The second-order valence-corrected chi connectivity index (χ2v) is 4.92. The Labute approximate surface area is 115 Å². The molecule has 0 fully saturated rings. The van der Waals surface area contributed by atoms with Gasteiger partial charge in [0.25, 0.3) is 0 Å². The molecule has 3 N–H and O–H groups in total. The van der Waals surface area contributed by atoms with Crippen LogP contribution in [0.2, 0.25) is 0 Å². The molecule has 0 aliphatic carbocycles. The lowest BCUT2D eigenvalue weighted by Crippen LogP contribution is -2.29. The lowest BCUT2D eigenvalue weighted by atomic mass is 9.96. The smallest absolute Gasteiger partial charge is 0.120 e. The molecule has 1 rings (SSSR count). The molecule has 19 heavy (non-hydrogen) atoms. The van der Waals surface area contributed by atoms with E-state index < -0.39 is 0 Å². The largest absolute Gasteiger partial charge is 0.508 e. The van der Waals surface area contributed by atoms with Crippen LogP contribution in [0.4, 0.5) is 0 Å². The fourth-order valence-corrected chi connectivity index (χ4v) is 2.07. The summed E-state index contributed by atoms with van der Waals surface area (Å²) in [5.41, 5.74) is 2.06. The van der Waals surface area contributed by atoms with E-state index in [0.29, 0.717) is 25.6 Å². The lowest BCUT2D eigenvalue weighted by Gasteiger charge is -2.21. The average molecular weight is 267 g/mol. The van der Waals surface area contributed by atoms with Crippen LogP contribution in [0.15, 0.2) is 18.2 Å². The first-order chi connectivity index (χ1) is 9.12. The zero-order valence-electron chi connectivity index (χ0n) is 11.8. The number of aliphatic hydroxyl groups is 2. The molecule has 0 bridgehead atoms. The summed E-state index contributed by atoms with van der Waals surface area (Å²) in [6, 6.07) is 5.70. The highest BCUT2D eigenvalue weighted by atomic mass is 16.3. The molecule has 0 aliphatic rings. The summed E-state index contributed by atoms with van der Waals surface area (Å²) in [7, 11) is 0. The maximum Gasteiger partial charge on any atom is 0.120 e. The normalized spacial score (nSPS) is 12.9. The van der Waals surface area contributed by atoms with Crippen molar-refractivity contribution in [3.63, 3.8) is 0 Å². The van der Waals surface area contributed by atoms with E-state index in [2.05, 4.69) is 13.8 Å². The molecule has 0 aliphatic heterocycles. The molecular weight excluding hydrogens is 242 g/mol. The van der Waals surface area contributed by atoms with Gasteiger partial charge in [0.05, 0.1) is 13.2 Å². The number of aromatic hydroxyl groups is 1. The Morgan fingerprint density at radius 1 is 1.16 bits per heavy atom. The third-order valence-electron chi connectivity index (χ3n) is 3.51. The maximum absolute atomic E-state index is 9.92. The van der Waals surface area contributed by atoms with Gasteiger partial charge in [-0.2, -0.15) is 0 Å². The van der Waals surface area contributed by atoms with Crippen LogP contribution < -0.4 is 0 Å². The van der Waals surface area contributed by atoms with Crippen molar-refractivity contribution in [2.45, 2.75) is 32.7 Å². The standard InChI is InChI=1S/C15H25NO3/c1-3-12(2)13-4-5-15(19)14(10-13)11-16(6-8-17)7-9-18/h4-5,10,12,17-19H,3,6-9,11H2,1-2H3/t12-/m0/s1. The summed E-state index contributed by atoms with van der Waals surface area (Å²) in [4.78, 5) is 1.93. The molecule has 0 saturated heterocycles. The summed E-state index contributed by atoms with van der Waals surface area (Å²) in [5.74, 6) is 0.733. The molecular formula is C15H25NO3. The molecule has 1 aromatic carbocycles. The predicted molar refractivity (Wildman–Crippen MR) is 76.3 cm³/mol. The maximum atomic E-state index is 9.92. The number of hydrogen-bond acceptors (Lipinski definition) is 4. The van der Waals surface area contributed by atoms with E-state index in [1.54, 1.807) is 6.07 Å². The summed E-state index contributed by atoms with van der Waals surface area (Å²) in [6.07, 6.45) is 1.06. The molecule has 0 radical (unpaired) electrons. The molecule has 4 heteroatoms.